The highest BCUT2D eigenvalue weighted by molar-refractivity contribution is 5.82. The molecule has 0 unspecified atom stereocenters. The summed E-state index contributed by atoms with van der Waals surface area (Å²) in [6.45, 7) is 7.69. The summed E-state index contributed by atoms with van der Waals surface area (Å²) in [5.41, 5.74) is 0.499. The van der Waals surface area contributed by atoms with Crippen molar-refractivity contribution in [2.75, 3.05) is 13.7 Å². The van der Waals surface area contributed by atoms with E-state index in [-0.39, 0.29) is 0 Å². The van der Waals surface area contributed by atoms with Gasteiger partial charge in [-0.25, -0.2) is 9.59 Å². The van der Waals surface area contributed by atoms with Crippen molar-refractivity contribution in [1.29, 1.82) is 0 Å². The van der Waals surface area contributed by atoms with E-state index < -0.39 is 23.7 Å². The van der Waals surface area contributed by atoms with Crippen molar-refractivity contribution in [2.24, 2.45) is 0 Å². The topological polar surface area (TPSA) is 55.8 Å². The van der Waals surface area contributed by atoms with Gasteiger partial charge in [0.25, 0.3) is 0 Å². The third-order valence-electron chi connectivity index (χ3n) is 2.63. The first-order valence-corrected chi connectivity index (χ1v) is 5.97. The van der Waals surface area contributed by atoms with Crippen LogP contribution >= 0.6 is 0 Å². The average Bonchev–Trinajstić information content (AvgIpc) is 2.25. The molecular weight excluding hydrogens is 234 g/mol. The molecule has 18 heavy (non-hydrogen) atoms. The lowest BCUT2D eigenvalue weighted by atomic mass is 10.0. The van der Waals surface area contributed by atoms with Gasteiger partial charge in [0, 0.05) is 6.54 Å². The minimum Gasteiger partial charge on any atom is -0.467 e. The second-order valence-electron chi connectivity index (χ2n) is 5.43. The number of amides is 1. The van der Waals surface area contributed by atoms with Crippen LogP contribution in [0, 0.1) is 0 Å². The highest BCUT2D eigenvalue weighted by Gasteiger charge is 2.35. The number of esters is 1. The molecule has 0 radical (unpaired) electrons. The van der Waals surface area contributed by atoms with Gasteiger partial charge in [0.05, 0.1) is 7.11 Å². The number of hydrogen-bond donors (Lipinski definition) is 0. The van der Waals surface area contributed by atoms with Gasteiger partial charge in [0.2, 0.25) is 0 Å². The first-order chi connectivity index (χ1) is 8.24. The molecule has 0 bridgehead atoms. The fourth-order valence-corrected chi connectivity index (χ4v) is 1.75. The summed E-state index contributed by atoms with van der Waals surface area (Å²) in [5, 5.41) is 0. The summed E-state index contributed by atoms with van der Waals surface area (Å²) in [4.78, 5) is 25.1. The number of methoxy groups -OCH3 is 1. The van der Waals surface area contributed by atoms with E-state index in [0.29, 0.717) is 13.0 Å². The Hall–Kier alpha value is -1.52. The van der Waals surface area contributed by atoms with Crippen LogP contribution in [0.2, 0.25) is 0 Å². The third-order valence-corrected chi connectivity index (χ3v) is 2.63. The Bertz CT molecular complexity index is 368. The molecule has 0 aliphatic carbocycles. The first-order valence-electron chi connectivity index (χ1n) is 5.97. The van der Waals surface area contributed by atoms with E-state index in [2.05, 4.69) is 0 Å². The van der Waals surface area contributed by atoms with Crippen LogP contribution in [0.15, 0.2) is 11.6 Å². The summed E-state index contributed by atoms with van der Waals surface area (Å²) in [6.07, 6.45) is 1.93. The van der Waals surface area contributed by atoms with Gasteiger partial charge in [0.15, 0.2) is 0 Å². The average molecular weight is 255 g/mol. The van der Waals surface area contributed by atoms with Crippen LogP contribution in [0.5, 0.6) is 0 Å². The van der Waals surface area contributed by atoms with Gasteiger partial charge < -0.3 is 9.47 Å². The zero-order valence-corrected chi connectivity index (χ0v) is 11.6. The maximum Gasteiger partial charge on any atom is 0.411 e. The molecule has 1 rings (SSSR count). The van der Waals surface area contributed by atoms with Crippen molar-refractivity contribution in [2.45, 2.75) is 45.8 Å². The van der Waals surface area contributed by atoms with E-state index in [4.69, 9.17) is 9.47 Å². The van der Waals surface area contributed by atoms with Gasteiger partial charge in [0.1, 0.15) is 11.6 Å². The zero-order chi connectivity index (χ0) is 13.9. The fourth-order valence-electron chi connectivity index (χ4n) is 1.75. The van der Waals surface area contributed by atoms with Gasteiger partial charge in [-0.1, -0.05) is 11.6 Å². The molecule has 0 spiro atoms. The second kappa shape index (κ2) is 5.42. The molecule has 0 fully saturated rings. The highest BCUT2D eigenvalue weighted by Crippen LogP contribution is 2.21. The quantitative estimate of drug-likeness (QED) is 0.532. The van der Waals surface area contributed by atoms with Gasteiger partial charge in [-0.05, 0) is 34.1 Å². The van der Waals surface area contributed by atoms with Crippen molar-refractivity contribution in [3.63, 3.8) is 0 Å². The van der Waals surface area contributed by atoms with Crippen LogP contribution in [0.4, 0.5) is 4.79 Å². The molecule has 5 nitrogen and oxygen atoms in total. The van der Waals surface area contributed by atoms with E-state index >= 15 is 0 Å². The zero-order valence-electron chi connectivity index (χ0n) is 11.6. The van der Waals surface area contributed by atoms with Crippen molar-refractivity contribution in [1.82, 2.24) is 4.90 Å². The number of carbonyl (C=O) groups excluding carboxylic acids is 2. The van der Waals surface area contributed by atoms with Crippen LogP contribution in [0.3, 0.4) is 0 Å². The van der Waals surface area contributed by atoms with E-state index in [0.717, 1.165) is 5.57 Å². The van der Waals surface area contributed by atoms with E-state index in [1.54, 1.807) is 20.8 Å². The van der Waals surface area contributed by atoms with E-state index in [1.807, 2.05) is 13.0 Å². The van der Waals surface area contributed by atoms with Crippen molar-refractivity contribution in [3.8, 4) is 0 Å². The normalized spacial score (nSPS) is 20.2. The largest absolute Gasteiger partial charge is 0.467 e. The molecule has 1 amide bonds. The number of nitrogens with zero attached hydrogens (tertiary/aromatic N) is 1. The molecule has 5 heteroatoms. The van der Waals surface area contributed by atoms with Gasteiger partial charge >= 0.3 is 12.1 Å². The molecule has 0 aromatic rings. The molecule has 1 atom stereocenters. The van der Waals surface area contributed by atoms with Gasteiger partial charge in [-0.15, -0.1) is 0 Å². The molecule has 0 saturated heterocycles. The minimum absolute atomic E-state index is 0.376. The van der Waals surface area contributed by atoms with Gasteiger partial charge in [-0.3, -0.25) is 4.90 Å². The van der Waals surface area contributed by atoms with Crippen LogP contribution in [0.1, 0.15) is 34.1 Å². The smallest absolute Gasteiger partial charge is 0.411 e. The van der Waals surface area contributed by atoms with Gasteiger partial charge in [-0.2, -0.15) is 0 Å². The maximum absolute atomic E-state index is 12.0. The highest BCUT2D eigenvalue weighted by atomic mass is 16.6. The summed E-state index contributed by atoms with van der Waals surface area (Å²) in [6, 6.07) is -0.588. The lowest BCUT2D eigenvalue weighted by Crippen LogP contribution is -2.49. The number of carbonyl (C=O) groups is 2. The monoisotopic (exact) mass is 255 g/mol. The predicted octanol–water partition coefficient (Wildman–Crippen LogP) is 2.12. The van der Waals surface area contributed by atoms with Crippen LogP contribution in [-0.4, -0.2) is 42.3 Å². The predicted molar refractivity (Wildman–Crippen MR) is 67.1 cm³/mol. The van der Waals surface area contributed by atoms with E-state index in [9.17, 15) is 9.59 Å². The Morgan fingerprint density at radius 2 is 2.00 bits per heavy atom. The summed E-state index contributed by atoms with van der Waals surface area (Å²) >= 11 is 0. The first kappa shape index (κ1) is 14.5. The molecule has 0 aromatic carbocycles. The Morgan fingerprint density at radius 1 is 1.39 bits per heavy atom. The minimum atomic E-state index is -0.588. The van der Waals surface area contributed by atoms with Crippen molar-refractivity contribution in [3.05, 3.63) is 11.6 Å². The molecule has 0 aromatic heterocycles. The third kappa shape index (κ3) is 3.75. The summed E-state index contributed by atoms with van der Waals surface area (Å²) < 4.78 is 10.0. The van der Waals surface area contributed by atoms with Crippen LogP contribution < -0.4 is 0 Å². The van der Waals surface area contributed by atoms with E-state index in [1.165, 1.54) is 12.0 Å². The Labute approximate surface area is 108 Å². The Kier molecular flexibility index (Phi) is 4.38. The summed E-state index contributed by atoms with van der Waals surface area (Å²) in [7, 11) is 1.32. The molecule has 1 aliphatic rings. The lowest BCUT2D eigenvalue weighted by Gasteiger charge is -2.34. The number of rotatable bonds is 1. The second-order valence-corrected chi connectivity index (χ2v) is 5.43. The standard InChI is InChI=1S/C13H21NO4/c1-9-6-7-14(10(8-9)11(15)17-5)12(16)18-13(2,3)4/h6,10H,7-8H2,1-5H3/t10-/m0/s1. The van der Waals surface area contributed by atoms with Crippen LogP contribution in [0.25, 0.3) is 0 Å². The van der Waals surface area contributed by atoms with Crippen molar-refractivity contribution >= 4 is 12.1 Å². The maximum atomic E-state index is 12.0. The summed E-state index contributed by atoms with van der Waals surface area (Å²) in [5.74, 6) is -0.409. The molecule has 0 N–H and O–H groups in total. The molecule has 102 valence electrons. The Morgan fingerprint density at radius 3 is 2.50 bits per heavy atom. The molecule has 1 aliphatic heterocycles. The molecule has 0 saturated carbocycles. The number of hydrogen-bond acceptors (Lipinski definition) is 4. The molecule has 1 heterocycles. The fraction of sp³-hybridized carbons (Fsp3) is 0.692. The SMILES string of the molecule is COC(=O)[C@@H]1CC(C)=CCN1C(=O)OC(C)(C)C. The van der Waals surface area contributed by atoms with Crippen molar-refractivity contribution < 1.29 is 19.1 Å². The lowest BCUT2D eigenvalue weighted by molar-refractivity contribution is -0.146. The molecular formula is C13H21NO4. The Balaban J connectivity index is 2.84. The number of ether oxygens (including phenoxy) is 2. The van der Waals surface area contributed by atoms with Crippen LogP contribution in [-0.2, 0) is 14.3 Å².